The van der Waals surface area contributed by atoms with Crippen molar-refractivity contribution in [3.63, 3.8) is 0 Å². The van der Waals surface area contributed by atoms with Crippen LogP contribution in [0.2, 0.25) is 0 Å². The molecule has 1 aliphatic heterocycles. The van der Waals surface area contributed by atoms with Crippen molar-refractivity contribution in [3.8, 4) is 11.5 Å². The lowest BCUT2D eigenvalue weighted by Gasteiger charge is -2.34. The fourth-order valence-corrected chi connectivity index (χ4v) is 3.88. The van der Waals surface area contributed by atoms with Crippen LogP contribution in [-0.2, 0) is 13.1 Å². The second-order valence-corrected chi connectivity index (χ2v) is 7.06. The van der Waals surface area contributed by atoms with Gasteiger partial charge in [-0.3, -0.25) is 9.88 Å². The predicted octanol–water partition coefficient (Wildman–Crippen LogP) is 4.28. The molecule has 138 valence electrons. The molecule has 0 fully saturated rings. The van der Waals surface area contributed by atoms with E-state index in [0.717, 1.165) is 18.8 Å². The van der Waals surface area contributed by atoms with Crippen LogP contribution in [0.1, 0.15) is 28.5 Å². The number of hydrogen-bond donors (Lipinski definition) is 0. The minimum Gasteiger partial charge on any atom is -0.337 e. The number of nitrogens with zero attached hydrogens (tertiary/aromatic N) is 4. The molecule has 0 saturated heterocycles. The van der Waals surface area contributed by atoms with E-state index in [1.165, 1.54) is 16.7 Å². The Labute approximate surface area is 163 Å². The number of aromatic nitrogens is 3. The molecule has 1 atom stereocenters. The summed E-state index contributed by atoms with van der Waals surface area (Å²) in [5, 5.41) is 4.10. The largest absolute Gasteiger partial charge is 0.337 e. The van der Waals surface area contributed by atoms with Crippen LogP contribution in [0.25, 0.3) is 11.5 Å². The van der Waals surface area contributed by atoms with E-state index in [-0.39, 0.29) is 0 Å². The van der Waals surface area contributed by atoms with Gasteiger partial charge in [0.1, 0.15) is 5.69 Å². The van der Waals surface area contributed by atoms with Crippen LogP contribution < -0.4 is 0 Å². The van der Waals surface area contributed by atoms with Gasteiger partial charge in [0, 0.05) is 25.2 Å². The minimum absolute atomic E-state index is 0.337. The van der Waals surface area contributed by atoms with Gasteiger partial charge in [0.05, 0.1) is 6.54 Å². The van der Waals surface area contributed by atoms with E-state index in [4.69, 9.17) is 4.52 Å². The Bertz CT molecular complexity index is 1060. The number of pyridine rings is 1. The van der Waals surface area contributed by atoms with Crippen LogP contribution >= 0.6 is 0 Å². The van der Waals surface area contributed by atoms with Crippen LogP contribution in [-0.4, -0.2) is 26.6 Å². The Kier molecular flexibility index (Phi) is 4.43. The highest BCUT2D eigenvalue weighted by Gasteiger charge is 2.27. The zero-order valence-corrected chi connectivity index (χ0v) is 15.4. The average molecular weight is 368 g/mol. The average Bonchev–Trinajstić information content (AvgIpc) is 3.23. The Morgan fingerprint density at radius 1 is 0.929 bits per heavy atom. The molecular formula is C23H20N4O. The highest BCUT2D eigenvalue weighted by atomic mass is 16.5. The third kappa shape index (κ3) is 3.32. The van der Waals surface area contributed by atoms with Crippen molar-refractivity contribution in [2.45, 2.75) is 19.0 Å². The molecule has 0 spiro atoms. The van der Waals surface area contributed by atoms with E-state index in [0.29, 0.717) is 24.2 Å². The van der Waals surface area contributed by atoms with Gasteiger partial charge in [-0.15, -0.1) is 0 Å². The summed E-state index contributed by atoms with van der Waals surface area (Å²) in [7, 11) is 0. The molecule has 0 aliphatic carbocycles. The summed E-state index contributed by atoms with van der Waals surface area (Å²) < 4.78 is 5.51. The first-order valence-electron chi connectivity index (χ1n) is 9.46. The first-order chi connectivity index (χ1) is 13.9. The first kappa shape index (κ1) is 16.8. The van der Waals surface area contributed by atoms with Gasteiger partial charge in [-0.1, -0.05) is 65.8 Å². The molecular weight excluding hydrogens is 348 g/mol. The second-order valence-electron chi connectivity index (χ2n) is 7.06. The third-order valence-corrected chi connectivity index (χ3v) is 5.19. The van der Waals surface area contributed by atoms with Crippen molar-refractivity contribution in [1.82, 2.24) is 20.0 Å². The molecule has 0 N–H and O–H groups in total. The van der Waals surface area contributed by atoms with Crippen molar-refractivity contribution in [2.24, 2.45) is 0 Å². The fraction of sp³-hybridized carbons (Fsp3) is 0.174. The molecule has 2 aromatic heterocycles. The van der Waals surface area contributed by atoms with Crippen molar-refractivity contribution in [2.75, 3.05) is 6.54 Å². The summed E-state index contributed by atoms with van der Waals surface area (Å²) >= 11 is 0. The zero-order valence-electron chi connectivity index (χ0n) is 15.4. The van der Waals surface area contributed by atoms with Crippen LogP contribution in [0, 0.1) is 0 Å². The molecule has 0 amide bonds. The van der Waals surface area contributed by atoms with E-state index in [1.54, 1.807) is 6.20 Å². The third-order valence-electron chi connectivity index (χ3n) is 5.19. The van der Waals surface area contributed by atoms with Crippen LogP contribution in [0.3, 0.4) is 0 Å². The minimum atomic E-state index is 0.337. The molecule has 1 unspecified atom stereocenters. The maximum absolute atomic E-state index is 5.51. The Balaban J connectivity index is 1.40. The molecule has 0 bridgehead atoms. The second kappa shape index (κ2) is 7.37. The van der Waals surface area contributed by atoms with E-state index in [1.807, 2.05) is 18.2 Å². The monoisotopic (exact) mass is 368 g/mol. The van der Waals surface area contributed by atoms with Gasteiger partial charge < -0.3 is 4.52 Å². The zero-order chi connectivity index (χ0) is 18.8. The summed E-state index contributed by atoms with van der Waals surface area (Å²) in [4.78, 5) is 11.2. The molecule has 2 aromatic carbocycles. The Morgan fingerprint density at radius 3 is 2.61 bits per heavy atom. The van der Waals surface area contributed by atoms with Gasteiger partial charge in [-0.2, -0.15) is 4.98 Å². The summed E-state index contributed by atoms with van der Waals surface area (Å²) in [5.74, 6) is 1.49. The molecule has 3 heterocycles. The predicted molar refractivity (Wildman–Crippen MR) is 106 cm³/mol. The smallest absolute Gasteiger partial charge is 0.241 e. The topological polar surface area (TPSA) is 55.1 Å². The van der Waals surface area contributed by atoms with Crippen molar-refractivity contribution in [3.05, 3.63) is 102 Å². The van der Waals surface area contributed by atoms with E-state index >= 15 is 0 Å². The highest BCUT2D eigenvalue weighted by molar-refractivity contribution is 5.47. The highest BCUT2D eigenvalue weighted by Crippen LogP contribution is 2.34. The molecule has 1 aliphatic rings. The normalized spacial score (nSPS) is 16.6. The first-order valence-corrected chi connectivity index (χ1v) is 9.46. The lowest BCUT2D eigenvalue weighted by atomic mass is 9.85. The van der Waals surface area contributed by atoms with Gasteiger partial charge in [0.2, 0.25) is 11.7 Å². The molecule has 5 nitrogen and oxygen atoms in total. The summed E-state index contributed by atoms with van der Waals surface area (Å²) in [6.45, 7) is 2.42. The molecule has 5 rings (SSSR count). The summed E-state index contributed by atoms with van der Waals surface area (Å²) in [6, 6.07) is 25.1. The maximum atomic E-state index is 5.51. The van der Waals surface area contributed by atoms with Crippen LogP contribution in [0.15, 0.2) is 83.5 Å². The van der Waals surface area contributed by atoms with Crippen molar-refractivity contribution < 1.29 is 4.52 Å². The Morgan fingerprint density at radius 2 is 1.75 bits per heavy atom. The van der Waals surface area contributed by atoms with Gasteiger partial charge >= 0.3 is 0 Å². The number of fused-ring (bicyclic) bond motifs is 1. The van der Waals surface area contributed by atoms with Gasteiger partial charge in [0.25, 0.3) is 0 Å². The van der Waals surface area contributed by atoms with Crippen LogP contribution in [0.5, 0.6) is 0 Å². The van der Waals surface area contributed by atoms with Gasteiger partial charge in [-0.25, -0.2) is 0 Å². The van der Waals surface area contributed by atoms with Crippen molar-refractivity contribution >= 4 is 0 Å². The van der Waals surface area contributed by atoms with Gasteiger partial charge in [-0.05, 0) is 28.8 Å². The standard InChI is InChI=1S/C23H20N4O/c1-2-8-17(9-3-1)20-15-27(14-18-10-4-5-11-19(18)20)16-22-25-23(26-28-22)21-12-6-7-13-24-21/h1-13,20H,14-16H2. The Hall–Kier alpha value is -3.31. The SMILES string of the molecule is c1ccc(C2CN(Cc3nc(-c4ccccn4)no3)Cc3ccccc32)cc1. The fourth-order valence-electron chi connectivity index (χ4n) is 3.88. The molecule has 5 heteroatoms. The van der Waals surface area contributed by atoms with E-state index in [9.17, 15) is 0 Å². The quantitative estimate of drug-likeness (QED) is 0.538. The molecule has 0 radical (unpaired) electrons. The van der Waals surface area contributed by atoms with Gasteiger partial charge in [0.15, 0.2) is 0 Å². The van der Waals surface area contributed by atoms with E-state index in [2.05, 4.69) is 74.6 Å². The van der Waals surface area contributed by atoms with E-state index < -0.39 is 0 Å². The summed E-state index contributed by atoms with van der Waals surface area (Å²) in [6.07, 6.45) is 1.73. The molecule has 4 aromatic rings. The molecule has 28 heavy (non-hydrogen) atoms. The number of hydrogen-bond acceptors (Lipinski definition) is 5. The number of benzene rings is 2. The lowest BCUT2D eigenvalue weighted by molar-refractivity contribution is 0.200. The molecule has 0 saturated carbocycles. The maximum Gasteiger partial charge on any atom is 0.241 e. The number of rotatable bonds is 4. The summed E-state index contributed by atoms with van der Waals surface area (Å²) in [5.41, 5.74) is 4.82. The van der Waals surface area contributed by atoms with Crippen molar-refractivity contribution in [1.29, 1.82) is 0 Å². The van der Waals surface area contributed by atoms with Crippen LogP contribution in [0.4, 0.5) is 0 Å². The lowest BCUT2D eigenvalue weighted by Crippen LogP contribution is -2.33.